The summed E-state index contributed by atoms with van der Waals surface area (Å²) in [5.74, 6) is -0.987. The zero-order chi connectivity index (χ0) is 12.0. The fourth-order valence-corrected chi connectivity index (χ4v) is 2.03. The van der Waals surface area contributed by atoms with Crippen LogP contribution in [0, 0.1) is 0 Å². The summed E-state index contributed by atoms with van der Waals surface area (Å²) in [7, 11) is 0. The van der Waals surface area contributed by atoms with E-state index in [1.54, 1.807) is 12.1 Å². The molecule has 0 amide bonds. The predicted octanol–water partition coefficient (Wildman–Crippen LogP) is 2.51. The highest BCUT2D eigenvalue weighted by Gasteiger charge is 2.19. The number of hydrogen-bond donors (Lipinski definition) is 2. The first-order valence-corrected chi connectivity index (χ1v) is 4.98. The normalized spacial score (nSPS) is 11.3. The van der Waals surface area contributed by atoms with Gasteiger partial charge in [-0.3, -0.25) is 4.79 Å². The van der Waals surface area contributed by atoms with Gasteiger partial charge in [0.15, 0.2) is 11.3 Å². The third-order valence-electron chi connectivity index (χ3n) is 2.73. The molecule has 5 nitrogen and oxygen atoms in total. The molecule has 0 spiro atoms. The van der Waals surface area contributed by atoms with Gasteiger partial charge in [0.25, 0.3) is 0 Å². The Kier molecular flexibility index (Phi) is 1.89. The second-order valence-corrected chi connectivity index (χ2v) is 3.72. The van der Waals surface area contributed by atoms with E-state index in [1.165, 1.54) is 12.5 Å². The van der Waals surface area contributed by atoms with Crippen LogP contribution in [0.4, 0.5) is 0 Å². The van der Waals surface area contributed by atoms with Crippen molar-refractivity contribution in [2.45, 2.75) is 6.42 Å². The second-order valence-electron chi connectivity index (χ2n) is 3.72. The summed E-state index contributed by atoms with van der Waals surface area (Å²) in [6.07, 6.45) is 2.64. The van der Waals surface area contributed by atoms with Crippen molar-refractivity contribution in [3.63, 3.8) is 0 Å². The van der Waals surface area contributed by atoms with Crippen molar-refractivity contribution >= 4 is 27.9 Å². The van der Waals surface area contributed by atoms with Crippen LogP contribution in [-0.4, -0.2) is 16.2 Å². The number of carboxylic acid groups (broad SMARTS) is 1. The highest BCUT2D eigenvalue weighted by molar-refractivity contribution is 6.05. The maximum Gasteiger partial charge on any atom is 0.307 e. The van der Waals surface area contributed by atoms with E-state index in [0.29, 0.717) is 21.9 Å². The molecule has 2 heterocycles. The van der Waals surface area contributed by atoms with Crippen molar-refractivity contribution in [3.05, 3.63) is 30.2 Å². The first kappa shape index (κ1) is 9.77. The molecule has 17 heavy (non-hydrogen) atoms. The Labute approximate surface area is 94.9 Å². The summed E-state index contributed by atoms with van der Waals surface area (Å²) in [6.45, 7) is 0. The van der Waals surface area contributed by atoms with Gasteiger partial charge in [0.05, 0.1) is 24.3 Å². The van der Waals surface area contributed by atoms with E-state index in [1.807, 2.05) is 0 Å². The van der Waals surface area contributed by atoms with E-state index >= 15 is 0 Å². The number of aliphatic carboxylic acids is 1. The van der Waals surface area contributed by atoms with Crippen LogP contribution < -0.4 is 0 Å². The Hall–Kier alpha value is -2.43. The summed E-state index contributed by atoms with van der Waals surface area (Å²) in [6, 6.07) is 3.20. The number of furan rings is 2. The maximum absolute atomic E-state index is 10.8. The number of phenols is 1. The van der Waals surface area contributed by atoms with Gasteiger partial charge < -0.3 is 19.0 Å². The molecule has 0 aliphatic carbocycles. The SMILES string of the molecule is O=C(O)Cc1c2ccoc2c(O)c2ccoc12. The van der Waals surface area contributed by atoms with E-state index < -0.39 is 5.97 Å². The molecule has 0 saturated heterocycles. The largest absolute Gasteiger partial charge is 0.504 e. The fourth-order valence-electron chi connectivity index (χ4n) is 2.03. The van der Waals surface area contributed by atoms with Crippen LogP contribution in [0.2, 0.25) is 0 Å². The van der Waals surface area contributed by atoms with Crippen LogP contribution in [0.1, 0.15) is 5.56 Å². The number of benzene rings is 1. The van der Waals surface area contributed by atoms with E-state index in [-0.39, 0.29) is 17.8 Å². The third kappa shape index (κ3) is 1.29. The van der Waals surface area contributed by atoms with Crippen molar-refractivity contribution < 1.29 is 23.8 Å². The Morgan fingerprint density at radius 3 is 2.47 bits per heavy atom. The van der Waals surface area contributed by atoms with Crippen molar-refractivity contribution in [1.82, 2.24) is 0 Å². The number of carbonyl (C=O) groups is 1. The van der Waals surface area contributed by atoms with Gasteiger partial charge in [0.2, 0.25) is 0 Å². The summed E-state index contributed by atoms with van der Waals surface area (Å²) >= 11 is 0. The van der Waals surface area contributed by atoms with Gasteiger partial charge in [-0.05, 0) is 12.1 Å². The Morgan fingerprint density at radius 2 is 1.76 bits per heavy atom. The molecule has 5 heteroatoms. The molecule has 3 rings (SSSR count). The van der Waals surface area contributed by atoms with E-state index in [2.05, 4.69) is 0 Å². The first-order chi connectivity index (χ1) is 8.18. The van der Waals surface area contributed by atoms with Gasteiger partial charge in [-0.1, -0.05) is 0 Å². The van der Waals surface area contributed by atoms with Gasteiger partial charge in [-0.25, -0.2) is 0 Å². The van der Waals surface area contributed by atoms with Crippen LogP contribution in [0.5, 0.6) is 5.75 Å². The van der Waals surface area contributed by atoms with Gasteiger partial charge in [0, 0.05) is 10.9 Å². The molecule has 0 aliphatic rings. The first-order valence-electron chi connectivity index (χ1n) is 4.98. The molecule has 86 valence electrons. The molecule has 2 N–H and O–H groups in total. The van der Waals surface area contributed by atoms with Crippen molar-refractivity contribution in [2.24, 2.45) is 0 Å². The van der Waals surface area contributed by atoms with Gasteiger partial charge in [-0.15, -0.1) is 0 Å². The predicted molar refractivity (Wildman–Crippen MR) is 59.0 cm³/mol. The summed E-state index contributed by atoms with van der Waals surface area (Å²) < 4.78 is 10.4. The average Bonchev–Trinajstić information content (AvgIpc) is 2.92. The molecule has 0 atom stereocenters. The Morgan fingerprint density at radius 1 is 1.12 bits per heavy atom. The minimum atomic E-state index is -0.962. The molecular formula is C12H8O5. The lowest BCUT2D eigenvalue weighted by Crippen LogP contribution is -2.00. The molecule has 0 radical (unpaired) electrons. The monoisotopic (exact) mass is 232 g/mol. The van der Waals surface area contributed by atoms with Gasteiger partial charge >= 0.3 is 5.97 Å². The summed E-state index contributed by atoms with van der Waals surface area (Å²) in [4.78, 5) is 10.8. The Balaban J connectivity index is 2.47. The smallest absolute Gasteiger partial charge is 0.307 e. The quantitative estimate of drug-likeness (QED) is 0.709. The molecule has 2 aromatic heterocycles. The minimum absolute atomic E-state index is 0.0251. The molecular weight excluding hydrogens is 224 g/mol. The number of hydrogen-bond acceptors (Lipinski definition) is 4. The number of carboxylic acids is 1. The molecule has 0 fully saturated rings. The van der Waals surface area contributed by atoms with Crippen LogP contribution in [0.25, 0.3) is 21.9 Å². The number of rotatable bonds is 2. The lowest BCUT2D eigenvalue weighted by molar-refractivity contribution is -0.136. The molecule has 0 bridgehead atoms. The zero-order valence-electron chi connectivity index (χ0n) is 8.64. The molecule has 0 unspecified atom stereocenters. The standard InChI is InChI=1S/C12H8O5/c13-9(14)5-8-6-1-3-17-12(6)10(15)7-2-4-16-11(7)8/h1-4,15H,5H2,(H,13,14). The minimum Gasteiger partial charge on any atom is -0.504 e. The van der Waals surface area contributed by atoms with E-state index in [9.17, 15) is 9.90 Å². The van der Waals surface area contributed by atoms with Crippen LogP contribution in [0.15, 0.2) is 33.5 Å². The van der Waals surface area contributed by atoms with Gasteiger partial charge in [-0.2, -0.15) is 0 Å². The lowest BCUT2D eigenvalue weighted by atomic mass is 10.0. The highest BCUT2D eigenvalue weighted by atomic mass is 16.4. The number of aromatic hydroxyl groups is 1. The Bertz CT molecular complexity index is 667. The van der Waals surface area contributed by atoms with Crippen molar-refractivity contribution in [1.29, 1.82) is 0 Å². The van der Waals surface area contributed by atoms with Crippen molar-refractivity contribution in [2.75, 3.05) is 0 Å². The highest BCUT2D eigenvalue weighted by Crippen LogP contribution is 2.38. The average molecular weight is 232 g/mol. The van der Waals surface area contributed by atoms with E-state index in [4.69, 9.17) is 13.9 Å². The molecule has 1 aromatic carbocycles. The molecule has 0 saturated carbocycles. The lowest BCUT2D eigenvalue weighted by Gasteiger charge is -2.03. The number of phenolic OH excluding ortho intramolecular Hbond substituents is 1. The zero-order valence-corrected chi connectivity index (χ0v) is 8.64. The maximum atomic E-state index is 10.8. The molecule has 3 aromatic rings. The van der Waals surface area contributed by atoms with Crippen LogP contribution in [-0.2, 0) is 11.2 Å². The fraction of sp³-hybridized carbons (Fsp3) is 0.0833. The molecule has 0 aliphatic heterocycles. The van der Waals surface area contributed by atoms with Crippen LogP contribution in [0.3, 0.4) is 0 Å². The summed E-state index contributed by atoms with van der Waals surface area (Å²) in [5, 5.41) is 19.9. The third-order valence-corrected chi connectivity index (χ3v) is 2.73. The number of fused-ring (bicyclic) bond motifs is 2. The van der Waals surface area contributed by atoms with Gasteiger partial charge in [0.1, 0.15) is 5.58 Å². The topological polar surface area (TPSA) is 83.8 Å². The van der Waals surface area contributed by atoms with E-state index in [0.717, 1.165) is 0 Å². The van der Waals surface area contributed by atoms with Crippen molar-refractivity contribution in [3.8, 4) is 5.75 Å². The second kappa shape index (κ2) is 3.28. The van der Waals surface area contributed by atoms with Crippen LogP contribution >= 0.6 is 0 Å². The summed E-state index contributed by atoms with van der Waals surface area (Å²) in [5.41, 5.74) is 1.19.